The molecular weight excluding hydrogens is 244 g/mol. The quantitative estimate of drug-likeness (QED) is 0.286. The van der Waals surface area contributed by atoms with Crippen LogP contribution in [0.1, 0.15) is 89.9 Å². The van der Waals surface area contributed by atoms with Gasteiger partial charge in [0.2, 0.25) is 0 Å². The summed E-state index contributed by atoms with van der Waals surface area (Å²) in [6.07, 6.45) is 20.8. The summed E-state index contributed by atoms with van der Waals surface area (Å²) in [6.45, 7) is 0. The Morgan fingerprint density at radius 2 is 0.850 bits per heavy atom. The van der Waals surface area contributed by atoms with Crippen LogP contribution in [0.2, 0.25) is 0 Å². The van der Waals surface area contributed by atoms with E-state index in [0.29, 0.717) is 0 Å². The molecule has 0 aromatic heterocycles. The number of hydrogen-bond acceptors (Lipinski definition) is 2. The van der Waals surface area contributed by atoms with Gasteiger partial charge in [0, 0.05) is 12.8 Å². The predicted octanol–water partition coefficient (Wildman–Crippen LogP) is 6.05. The summed E-state index contributed by atoms with van der Waals surface area (Å²) in [5.41, 5.74) is 0. The molecule has 0 saturated heterocycles. The fraction of sp³-hybridized carbons (Fsp3) is 0.778. The number of allylic oxidation sites excluding steroid dienone is 2. The molecule has 0 unspecified atom stereocenters. The molecule has 0 spiro atoms. The molecule has 0 rings (SSSR count). The number of hydrogen-bond donors (Lipinski definition) is 0. The number of nitrogens with zero attached hydrogens (tertiary/aromatic N) is 2. The van der Waals surface area contributed by atoms with Crippen LogP contribution in [0, 0.1) is 22.7 Å². The third-order valence-corrected chi connectivity index (χ3v) is 3.49. The molecule has 0 aromatic carbocycles. The number of unbranched alkanes of at least 4 members (excludes halogenated alkanes) is 12. The Bertz CT molecular complexity index is 264. The van der Waals surface area contributed by atoms with Crippen molar-refractivity contribution in [2.45, 2.75) is 89.9 Å². The van der Waals surface area contributed by atoms with Gasteiger partial charge in [-0.25, -0.2) is 0 Å². The van der Waals surface area contributed by atoms with Crippen molar-refractivity contribution in [2.75, 3.05) is 0 Å². The van der Waals surface area contributed by atoms with Crippen molar-refractivity contribution in [2.24, 2.45) is 0 Å². The van der Waals surface area contributed by atoms with Crippen molar-refractivity contribution in [1.29, 1.82) is 10.5 Å². The van der Waals surface area contributed by atoms with E-state index < -0.39 is 0 Å². The third-order valence-electron chi connectivity index (χ3n) is 3.49. The van der Waals surface area contributed by atoms with Crippen LogP contribution < -0.4 is 0 Å². The average molecular weight is 274 g/mol. The molecule has 0 heterocycles. The molecule has 0 bridgehead atoms. The zero-order valence-electron chi connectivity index (χ0n) is 12.9. The van der Waals surface area contributed by atoms with Crippen LogP contribution in [-0.2, 0) is 0 Å². The van der Waals surface area contributed by atoms with E-state index in [4.69, 9.17) is 10.5 Å². The topological polar surface area (TPSA) is 47.6 Å². The lowest BCUT2D eigenvalue weighted by molar-refractivity contribution is 0.618. The molecule has 0 fully saturated rings. The van der Waals surface area contributed by atoms with E-state index in [1.54, 1.807) is 0 Å². The van der Waals surface area contributed by atoms with Gasteiger partial charge in [0.1, 0.15) is 0 Å². The van der Waals surface area contributed by atoms with E-state index in [9.17, 15) is 0 Å². The highest BCUT2D eigenvalue weighted by atomic mass is 14.2. The average Bonchev–Trinajstić information content (AvgIpc) is 2.47. The summed E-state index contributed by atoms with van der Waals surface area (Å²) in [4.78, 5) is 0. The van der Waals surface area contributed by atoms with Crippen LogP contribution in [0.4, 0.5) is 0 Å². The molecule has 0 aromatic rings. The maximum absolute atomic E-state index is 8.41. The molecule has 0 radical (unpaired) electrons. The summed E-state index contributed by atoms with van der Waals surface area (Å²) in [7, 11) is 0. The fourth-order valence-corrected chi connectivity index (χ4v) is 2.23. The Morgan fingerprint density at radius 3 is 1.25 bits per heavy atom. The van der Waals surface area contributed by atoms with Gasteiger partial charge in [-0.1, -0.05) is 50.7 Å². The second-order valence-corrected chi connectivity index (χ2v) is 5.40. The third kappa shape index (κ3) is 16.7. The lowest BCUT2D eigenvalue weighted by Gasteiger charge is -1.98. The smallest absolute Gasteiger partial charge is 0.0621 e. The van der Waals surface area contributed by atoms with Crippen LogP contribution in [-0.4, -0.2) is 0 Å². The SMILES string of the molecule is N#CCCCCCCC/C=C/CCCCCCCC#N. The van der Waals surface area contributed by atoms with Gasteiger partial charge in [-0.15, -0.1) is 0 Å². The highest BCUT2D eigenvalue weighted by Crippen LogP contribution is 2.09. The van der Waals surface area contributed by atoms with Crippen molar-refractivity contribution in [1.82, 2.24) is 0 Å². The molecular formula is C18H30N2. The van der Waals surface area contributed by atoms with Crippen molar-refractivity contribution >= 4 is 0 Å². The lowest BCUT2D eigenvalue weighted by atomic mass is 10.1. The first kappa shape index (κ1) is 18.7. The zero-order valence-corrected chi connectivity index (χ0v) is 12.9. The largest absolute Gasteiger partial charge is 0.198 e. The van der Waals surface area contributed by atoms with Gasteiger partial charge in [-0.2, -0.15) is 10.5 Å². The Hall–Kier alpha value is -1.28. The maximum atomic E-state index is 8.41. The minimum Gasteiger partial charge on any atom is -0.198 e. The van der Waals surface area contributed by atoms with Crippen LogP contribution >= 0.6 is 0 Å². The van der Waals surface area contributed by atoms with E-state index in [1.807, 2.05) is 0 Å². The molecule has 0 atom stereocenters. The van der Waals surface area contributed by atoms with Crippen molar-refractivity contribution < 1.29 is 0 Å². The fourth-order valence-electron chi connectivity index (χ4n) is 2.23. The molecule has 0 amide bonds. The second-order valence-electron chi connectivity index (χ2n) is 5.40. The Morgan fingerprint density at radius 1 is 0.500 bits per heavy atom. The van der Waals surface area contributed by atoms with Gasteiger partial charge in [0.05, 0.1) is 12.1 Å². The van der Waals surface area contributed by atoms with E-state index in [-0.39, 0.29) is 0 Å². The standard InChI is InChI=1S/C18H30N2/c19-17-15-13-11-9-7-5-3-1-2-4-6-8-10-12-14-16-18-20/h1-2H,3-16H2/b2-1+. The number of nitriles is 2. The summed E-state index contributed by atoms with van der Waals surface area (Å²) in [5.74, 6) is 0. The molecule has 0 aliphatic rings. The van der Waals surface area contributed by atoms with Gasteiger partial charge in [-0.3, -0.25) is 0 Å². The molecule has 0 saturated carbocycles. The minimum absolute atomic E-state index is 0.719. The van der Waals surface area contributed by atoms with E-state index in [0.717, 1.165) is 25.7 Å². The lowest BCUT2D eigenvalue weighted by Crippen LogP contribution is -1.79. The Balaban J connectivity index is 3.06. The first-order valence-electron chi connectivity index (χ1n) is 8.30. The highest BCUT2D eigenvalue weighted by molar-refractivity contribution is 4.81. The Kier molecular flexibility index (Phi) is 16.6. The monoisotopic (exact) mass is 274 g/mol. The normalized spacial score (nSPS) is 10.5. The van der Waals surface area contributed by atoms with Crippen LogP contribution in [0.3, 0.4) is 0 Å². The zero-order chi connectivity index (χ0) is 14.7. The molecule has 0 aliphatic heterocycles. The van der Waals surface area contributed by atoms with Gasteiger partial charge in [0.15, 0.2) is 0 Å². The van der Waals surface area contributed by atoms with Crippen LogP contribution in [0.25, 0.3) is 0 Å². The summed E-state index contributed by atoms with van der Waals surface area (Å²) in [6, 6.07) is 4.38. The first-order chi connectivity index (χ1) is 9.91. The summed E-state index contributed by atoms with van der Waals surface area (Å²) >= 11 is 0. The molecule has 0 aliphatic carbocycles. The molecule has 0 N–H and O–H groups in total. The van der Waals surface area contributed by atoms with Gasteiger partial charge >= 0.3 is 0 Å². The summed E-state index contributed by atoms with van der Waals surface area (Å²) in [5, 5.41) is 16.8. The van der Waals surface area contributed by atoms with Crippen molar-refractivity contribution in [3.63, 3.8) is 0 Å². The van der Waals surface area contributed by atoms with E-state index in [2.05, 4.69) is 24.3 Å². The first-order valence-corrected chi connectivity index (χ1v) is 8.30. The van der Waals surface area contributed by atoms with Crippen molar-refractivity contribution in [3.8, 4) is 12.1 Å². The molecule has 2 nitrogen and oxygen atoms in total. The van der Waals surface area contributed by atoms with E-state index in [1.165, 1.54) is 64.2 Å². The summed E-state index contributed by atoms with van der Waals surface area (Å²) < 4.78 is 0. The highest BCUT2D eigenvalue weighted by Gasteiger charge is 1.90. The van der Waals surface area contributed by atoms with Gasteiger partial charge < -0.3 is 0 Å². The Labute approximate surface area is 125 Å². The van der Waals surface area contributed by atoms with E-state index >= 15 is 0 Å². The number of rotatable bonds is 14. The maximum Gasteiger partial charge on any atom is 0.0621 e. The molecule has 112 valence electrons. The second kappa shape index (κ2) is 17.7. The molecule has 2 heteroatoms. The molecule has 20 heavy (non-hydrogen) atoms. The minimum atomic E-state index is 0.719. The van der Waals surface area contributed by atoms with Gasteiger partial charge in [0.25, 0.3) is 0 Å². The van der Waals surface area contributed by atoms with Crippen LogP contribution in [0.5, 0.6) is 0 Å². The van der Waals surface area contributed by atoms with Crippen LogP contribution in [0.15, 0.2) is 12.2 Å². The van der Waals surface area contributed by atoms with Crippen molar-refractivity contribution in [3.05, 3.63) is 12.2 Å². The van der Waals surface area contributed by atoms with Gasteiger partial charge in [-0.05, 0) is 38.5 Å². The predicted molar refractivity (Wildman–Crippen MR) is 85.0 cm³/mol.